The Kier molecular flexibility index (Phi) is 29.7. The number of amides is 2. The molecule has 0 aromatic carbocycles. The quantitative estimate of drug-likeness (QED) is 0.0170. The van der Waals surface area contributed by atoms with Crippen LogP contribution in [0, 0.1) is 11.8 Å². The molecular formula is C64H99ClN2O16. The van der Waals surface area contributed by atoms with E-state index in [-0.39, 0.29) is 96.5 Å². The average Bonchev–Trinajstić information content (AvgIpc) is 4.10. The SMILES string of the molecule is CCCCC(=O)C[C@@H]1C[C@@](O)(CCl)[C@H](O)[C@@H](/C=C/C(C)=C/C[C@@H]2O[C@H](C)[C@H](NC(=O)/C=C\[C@H](C)OC(C)=O)C[C@@H]2C)O1.CCCCC(=O)C[C@@H]1C[C@@]2(CO2)[C@H](O)[C@@H](/C=C/C(C)=C/C[C@@H]2O[C@H](C)[C@H](NC(=O)/C=C\[C@H](C)OC(C)=O)C[C@@H]2C)O1. The van der Waals surface area contributed by atoms with Crippen LogP contribution in [0.25, 0.3) is 0 Å². The number of allylic oxidation sites excluding steroid dienone is 4. The van der Waals surface area contributed by atoms with Gasteiger partial charge in [-0.3, -0.25) is 28.8 Å². The van der Waals surface area contributed by atoms with E-state index in [4.69, 9.17) is 44.8 Å². The van der Waals surface area contributed by atoms with Crippen molar-refractivity contribution in [1.29, 1.82) is 0 Å². The molecule has 5 heterocycles. The van der Waals surface area contributed by atoms with E-state index in [0.29, 0.717) is 38.7 Å². The first-order valence-corrected chi connectivity index (χ1v) is 30.7. The van der Waals surface area contributed by atoms with Gasteiger partial charge in [-0.15, -0.1) is 11.6 Å². The van der Waals surface area contributed by atoms with Crippen LogP contribution in [-0.4, -0.2) is 160 Å². The van der Waals surface area contributed by atoms with Gasteiger partial charge >= 0.3 is 11.9 Å². The summed E-state index contributed by atoms with van der Waals surface area (Å²) in [6.45, 7) is 22.7. The van der Waals surface area contributed by atoms with Gasteiger partial charge in [0.2, 0.25) is 11.8 Å². The van der Waals surface area contributed by atoms with Crippen LogP contribution in [0.15, 0.2) is 71.9 Å². The molecule has 83 heavy (non-hydrogen) atoms. The lowest BCUT2D eigenvalue weighted by molar-refractivity contribution is -0.194. The molecule has 18 atom stereocenters. The number of ketones is 2. The number of ether oxygens (including phenoxy) is 7. The van der Waals surface area contributed by atoms with Crippen molar-refractivity contribution in [1.82, 2.24) is 10.6 Å². The van der Waals surface area contributed by atoms with Crippen molar-refractivity contribution in [2.75, 3.05) is 12.5 Å². The molecule has 0 aliphatic carbocycles. The summed E-state index contributed by atoms with van der Waals surface area (Å²) in [7, 11) is 0. The number of epoxide rings is 1. The van der Waals surface area contributed by atoms with E-state index in [9.17, 15) is 44.1 Å². The van der Waals surface area contributed by atoms with Crippen molar-refractivity contribution < 1.29 is 77.2 Å². The van der Waals surface area contributed by atoms with Crippen LogP contribution < -0.4 is 10.6 Å². The molecule has 0 aromatic heterocycles. The van der Waals surface area contributed by atoms with E-state index >= 15 is 0 Å². The number of carbonyl (C=O) groups excluding carboxylic acids is 6. The Balaban J connectivity index is 0.000000356. The number of aliphatic hydroxyl groups is 3. The summed E-state index contributed by atoms with van der Waals surface area (Å²) in [6, 6.07) is -0.258. The maximum absolute atomic E-state index is 12.4. The van der Waals surface area contributed by atoms with E-state index in [2.05, 4.69) is 43.6 Å². The fourth-order valence-electron chi connectivity index (χ4n) is 11.0. The number of rotatable bonds is 27. The van der Waals surface area contributed by atoms with Crippen molar-refractivity contribution in [3.63, 3.8) is 0 Å². The van der Waals surface area contributed by atoms with E-state index in [1.165, 1.54) is 26.0 Å². The number of hydrogen-bond acceptors (Lipinski definition) is 16. The summed E-state index contributed by atoms with van der Waals surface area (Å²) in [4.78, 5) is 71.5. The number of carbonyl (C=O) groups is 6. The third-order valence-corrected chi connectivity index (χ3v) is 16.6. The number of halogens is 1. The fraction of sp³-hybridized carbons (Fsp3) is 0.719. The van der Waals surface area contributed by atoms with Gasteiger partial charge in [0.1, 0.15) is 59.4 Å². The molecule has 0 aromatic rings. The first-order valence-electron chi connectivity index (χ1n) is 30.1. The predicted octanol–water partition coefficient (Wildman–Crippen LogP) is 8.44. The molecule has 0 saturated carbocycles. The van der Waals surface area contributed by atoms with Gasteiger partial charge in [0, 0.05) is 64.5 Å². The van der Waals surface area contributed by atoms with E-state index < -0.39 is 65.9 Å². The maximum atomic E-state index is 12.4. The number of Topliss-reactive ketones (excluding diaryl/α,β-unsaturated/α-hetero) is 2. The minimum absolute atomic E-state index is 0.0131. The average molecular weight is 1190 g/mol. The van der Waals surface area contributed by atoms with Gasteiger partial charge in [-0.05, 0) is 104 Å². The second kappa shape index (κ2) is 34.7. The van der Waals surface area contributed by atoms with Crippen molar-refractivity contribution in [3.05, 3.63) is 71.9 Å². The summed E-state index contributed by atoms with van der Waals surface area (Å²) >= 11 is 6.03. The molecule has 5 N–H and O–H groups in total. The Morgan fingerprint density at radius 3 is 1.43 bits per heavy atom. The minimum Gasteiger partial charge on any atom is -0.459 e. The Morgan fingerprint density at radius 2 is 1.05 bits per heavy atom. The van der Waals surface area contributed by atoms with Crippen LogP contribution in [0.5, 0.6) is 0 Å². The van der Waals surface area contributed by atoms with Gasteiger partial charge in [-0.2, -0.15) is 0 Å². The highest BCUT2D eigenvalue weighted by atomic mass is 35.5. The summed E-state index contributed by atoms with van der Waals surface area (Å²) < 4.78 is 40.3. The van der Waals surface area contributed by atoms with Crippen LogP contribution in [-0.2, 0) is 61.9 Å². The Bertz CT molecular complexity index is 2310. The van der Waals surface area contributed by atoms with Gasteiger partial charge < -0.3 is 59.1 Å². The van der Waals surface area contributed by atoms with Gasteiger partial charge in [0.15, 0.2) is 0 Å². The molecule has 0 unspecified atom stereocenters. The second-order valence-electron chi connectivity index (χ2n) is 23.9. The molecule has 0 bridgehead atoms. The standard InChI is InChI=1S/C32H50ClNO8.C32H49NO8/c1-7-8-9-25(36)17-26-18-32(39,19-33)31(38)29(42-26)14-11-20(2)10-13-28-21(3)16-27(23(5)41-28)34-30(37)15-12-22(4)40-24(6)35;1-7-8-9-25(35)17-26-18-32(19-38-32)31(37)29(41-26)14-11-20(2)10-13-28-21(3)16-27(23(5)40-28)33-30(36)15-12-22(4)39-24(6)34/h10-12,14-15,21-23,26-29,31,38-39H,7-9,13,16-19H2,1-6H3,(H,34,37);10-12,14-15,21-23,26-29,31,37H,7-9,13,16-19H2,1-6H3,(H,33,36)/b2*14-11+,15-12-,20-10+/t2*21-,22-,23+,26+,27+,28-,29+,31+,32+/m00/s1. The third-order valence-electron chi connectivity index (χ3n) is 16.1. The molecule has 5 saturated heterocycles. The number of esters is 2. The van der Waals surface area contributed by atoms with E-state index in [1.807, 2.05) is 52.8 Å². The Hall–Kier alpha value is -4.37. The number of unbranched alkanes of at least 4 members (excludes halogenated alkanes) is 2. The molecule has 5 fully saturated rings. The second-order valence-corrected chi connectivity index (χ2v) is 24.1. The predicted molar refractivity (Wildman–Crippen MR) is 317 cm³/mol. The molecule has 5 rings (SSSR count). The topological polar surface area (TPSA) is 255 Å². The van der Waals surface area contributed by atoms with Gasteiger partial charge in [-0.25, -0.2) is 0 Å². The lowest BCUT2D eigenvalue weighted by Crippen LogP contribution is -2.58. The van der Waals surface area contributed by atoms with Gasteiger partial charge in [0.25, 0.3) is 0 Å². The summed E-state index contributed by atoms with van der Waals surface area (Å²) in [5, 5.41) is 38.6. The molecule has 2 amide bonds. The fourth-order valence-corrected chi connectivity index (χ4v) is 11.3. The van der Waals surface area contributed by atoms with E-state index in [1.54, 1.807) is 32.1 Å². The molecule has 468 valence electrons. The normalized spacial score (nSPS) is 33.8. The highest BCUT2D eigenvalue weighted by Crippen LogP contribution is 2.44. The summed E-state index contributed by atoms with van der Waals surface area (Å²) in [5.41, 5.74) is -0.165. The number of alkyl halides is 1. The number of nitrogens with one attached hydrogen (secondary N) is 2. The van der Waals surface area contributed by atoms with Crippen molar-refractivity contribution in [2.45, 2.75) is 270 Å². The van der Waals surface area contributed by atoms with Crippen LogP contribution in [0.3, 0.4) is 0 Å². The maximum Gasteiger partial charge on any atom is 0.303 e. The third kappa shape index (κ3) is 24.1. The van der Waals surface area contributed by atoms with Crippen molar-refractivity contribution in [2.24, 2.45) is 11.8 Å². The Morgan fingerprint density at radius 1 is 0.639 bits per heavy atom. The molecule has 19 heteroatoms. The zero-order valence-electron chi connectivity index (χ0n) is 51.4. The zero-order chi connectivity index (χ0) is 61.6. The first kappa shape index (κ1) is 71.1. The molecule has 5 aliphatic rings. The van der Waals surface area contributed by atoms with Crippen LogP contribution >= 0.6 is 11.6 Å². The molecule has 0 radical (unpaired) electrons. The van der Waals surface area contributed by atoms with Gasteiger partial charge in [-0.1, -0.05) is 88.1 Å². The number of hydrogen-bond donors (Lipinski definition) is 5. The van der Waals surface area contributed by atoms with Crippen LogP contribution in [0.1, 0.15) is 173 Å². The summed E-state index contributed by atoms with van der Waals surface area (Å²) in [5.74, 6) is -0.752. The van der Waals surface area contributed by atoms with Crippen molar-refractivity contribution >= 4 is 46.9 Å². The van der Waals surface area contributed by atoms with Gasteiger partial charge in [0.05, 0.1) is 61.2 Å². The van der Waals surface area contributed by atoms with Crippen LogP contribution in [0.2, 0.25) is 0 Å². The molecule has 1 spiro atoms. The largest absolute Gasteiger partial charge is 0.459 e. The monoisotopic (exact) mass is 1190 g/mol. The van der Waals surface area contributed by atoms with Crippen molar-refractivity contribution in [3.8, 4) is 0 Å². The highest BCUT2D eigenvalue weighted by molar-refractivity contribution is 6.18. The highest BCUT2D eigenvalue weighted by Gasteiger charge is 2.58. The molecular weight excluding hydrogens is 1090 g/mol. The van der Waals surface area contributed by atoms with E-state index in [0.717, 1.165) is 56.1 Å². The minimum atomic E-state index is -1.54. The zero-order valence-corrected chi connectivity index (χ0v) is 52.1. The van der Waals surface area contributed by atoms with Crippen LogP contribution in [0.4, 0.5) is 0 Å². The first-order chi connectivity index (χ1) is 39.2. The lowest BCUT2D eigenvalue weighted by atomic mass is 9.83. The smallest absolute Gasteiger partial charge is 0.303 e. The summed E-state index contributed by atoms with van der Waals surface area (Å²) in [6.07, 6.45) is 20.8. The molecule has 18 nitrogen and oxygen atoms in total. The number of aliphatic hydroxyl groups excluding tert-OH is 2. The molecule has 5 aliphatic heterocycles. The lowest BCUT2D eigenvalue weighted by Gasteiger charge is -2.43. The Labute approximate surface area is 498 Å².